The topological polar surface area (TPSA) is 105 Å². The summed E-state index contributed by atoms with van der Waals surface area (Å²) < 4.78 is 1.28. The van der Waals surface area contributed by atoms with Crippen molar-refractivity contribution in [2.45, 2.75) is 19.3 Å². The zero-order valence-corrected chi connectivity index (χ0v) is 12.7. The first-order valence-electron chi connectivity index (χ1n) is 7.39. The highest BCUT2D eigenvalue weighted by Crippen LogP contribution is 2.11. The summed E-state index contributed by atoms with van der Waals surface area (Å²) in [7, 11) is 0. The Hall–Kier alpha value is -3.22. The molecule has 0 saturated carbocycles. The minimum Gasteiger partial charge on any atom is -0.510 e. The molecule has 2 heterocycles. The van der Waals surface area contributed by atoms with Crippen LogP contribution in [-0.4, -0.2) is 30.8 Å². The molecule has 0 unspecified atom stereocenters. The second-order valence-corrected chi connectivity index (χ2v) is 5.38. The van der Waals surface area contributed by atoms with Gasteiger partial charge in [-0.1, -0.05) is 30.3 Å². The molecule has 3 aromatic rings. The van der Waals surface area contributed by atoms with Crippen molar-refractivity contribution in [2.75, 3.05) is 0 Å². The molecule has 0 atom stereocenters. The molecule has 0 spiro atoms. The predicted octanol–water partition coefficient (Wildman–Crippen LogP) is 0.930. The van der Waals surface area contributed by atoms with Crippen molar-refractivity contribution >= 4 is 17.4 Å². The molecule has 0 aliphatic heterocycles. The Morgan fingerprint density at radius 2 is 1.88 bits per heavy atom. The maximum Gasteiger partial charge on any atom is 0.303 e. The van der Waals surface area contributed by atoms with E-state index in [4.69, 9.17) is 5.11 Å². The molecule has 7 nitrogen and oxygen atoms in total. The molecule has 0 amide bonds. The lowest BCUT2D eigenvalue weighted by molar-refractivity contribution is -0.136. The zero-order chi connectivity index (χ0) is 17.1. The Balaban J connectivity index is 2.12. The van der Waals surface area contributed by atoms with E-state index in [9.17, 15) is 14.7 Å². The maximum atomic E-state index is 12.4. The third-order valence-electron chi connectivity index (χ3n) is 3.67. The molecule has 122 valence electrons. The van der Waals surface area contributed by atoms with Crippen LogP contribution in [0.2, 0.25) is 0 Å². The lowest BCUT2D eigenvalue weighted by Gasteiger charge is -2.05. The van der Waals surface area contributed by atoms with E-state index in [1.165, 1.54) is 16.9 Å². The highest BCUT2D eigenvalue weighted by molar-refractivity contribution is 5.68. The fraction of sp³-hybridized carbons (Fsp3) is 0.176. The number of carboxylic acids is 1. The van der Waals surface area contributed by atoms with Crippen molar-refractivity contribution in [3.63, 3.8) is 0 Å². The standard InChI is InChI=1S/C17H15N3O4/c21-13(6-7-15(23)24)16-14(22)9-12(17-18-10-19-20(16)17)8-11-4-2-1-3-5-11/h1-5,9-10,21H,6-8H2,(H,23,24)/b16-13-. The minimum absolute atomic E-state index is 0.0411. The van der Waals surface area contributed by atoms with Gasteiger partial charge in [0, 0.05) is 18.4 Å². The average Bonchev–Trinajstić information content (AvgIpc) is 3.03. The summed E-state index contributed by atoms with van der Waals surface area (Å²) in [6.45, 7) is 0. The van der Waals surface area contributed by atoms with Gasteiger partial charge in [0.1, 0.15) is 12.1 Å². The van der Waals surface area contributed by atoms with Crippen molar-refractivity contribution in [2.24, 2.45) is 0 Å². The molecule has 0 aliphatic rings. The number of hydrogen-bond acceptors (Lipinski definition) is 5. The highest BCUT2D eigenvalue weighted by atomic mass is 16.4. The Morgan fingerprint density at radius 1 is 1.12 bits per heavy atom. The summed E-state index contributed by atoms with van der Waals surface area (Å²) in [6, 6.07) is 11.0. The smallest absolute Gasteiger partial charge is 0.303 e. The van der Waals surface area contributed by atoms with Crippen molar-refractivity contribution in [3.8, 4) is 0 Å². The Bertz CT molecular complexity index is 996. The van der Waals surface area contributed by atoms with Gasteiger partial charge in [-0.2, -0.15) is 5.10 Å². The SMILES string of the molecule is O=C(O)CC/C(O)=c1\c(=O)cc(Cc2ccccc2)c2ncnn12. The fourth-order valence-corrected chi connectivity index (χ4v) is 2.57. The molecule has 2 N–H and O–H groups in total. The van der Waals surface area contributed by atoms with E-state index in [1.54, 1.807) is 0 Å². The van der Waals surface area contributed by atoms with Gasteiger partial charge in [-0.3, -0.25) is 9.59 Å². The second-order valence-electron chi connectivity index (χ2n) is 5.38. The number of nitrogens with zero attached hydrogens (tertiary/aromatic N) is 3. The number of benzene rings is 1. The summed E-state index contributed by atoms with van der Waals surface area (Å²) in [5, 5.41) is 22.8. The third kappa shape index (κ3) is 3.10. The molecule has 0 aliphatic carbocycles. The van der Waals surface area contributed by atoms with Gasteiger partial charge in [0.2, 0.25) is 5.43 Å². The first-order valence-corrected chi connectivity index (χ1v) is 7.39. The fourth-order valence-electron chi connectivity index (χ4n) is 2.57. The van der Waals surface area contributed by atoms with E-state index in [0.717, 1.165) is 5.56 Å². The largest absolute Gasteiger partial charge is 0.510 e. The van der Waals surface area contributed by atoms with E-state index < -0.39 is 11.4 Å². The Labute approximate surface area is 136 Å². The summed E-state index contributed by atoms with van der Waals surface area (Å²) in [4.78, 5) is 27.2. The van der Waals surface area contributed by atoms with Crippen LogP contribution in [0.1, 0.15) is 24.0 Å². The van der Waals surface area contributed by atoms with Gasteiger partial charge in [0.15, 0.2) is 11.0 Å². The lowest BCUT2D eigenvalue weighted by atomic mass is 10.1. The van der Waals surface area contributed by atoms with Gasteiger partial charge in [-0.05, 0) is 11.6 Å². The van der Waals surface area contributed by atoms with E-state index in [0.29, 0.717) is 17.6 Å². The van der Waals surface area contributed by atoms with Crippen LogP contribution in [0.25, 0.3) is 11.4 Å². The van der Waals surface area contributed by atoms with Crippen LogP contribution < -0.4 is 10.8 Å². The normalized spacial score (nSPS) is 12.3. The van der Waals surface area contributed by atoms with Crippen LogP contribution in [0.5, 0.6) is 0 Å². The Morgan fingerprint density at radius 3 is 2.58 bits per heavy atom. The van der Waals surface area contributed by atoms with Crippen LogP contribution >= 0.6 is 0 Å². The third-order valence-corrected chi connectivity index (χ3v) is 3.67. The van der Waals surface area contributed by atoms with Gasteiger partial charge in [0.25, 0.3) is 0 Å². The molecule has 7 heteroatoms. The number of pyridine rings is 1. The molecule has 3 rings (SSSR count). The van der Waals surface area contributed by atoms with Crippen LogP contribution in [0.4, 0.5) is 0 Å². The quantitative estimate of drug-likeness (QED) is 0.723. The van der Waals surface area contributed by atoms with Crippen LogP contribution in [0, 0.1) is 0 Å². The van der Waals surface area contributed by atoms with Gasteiger partial charge in [-0.25, -0.2) is 9.50 Å². The number of carbonyl (C=O) groups is 1. The van der Waals surface area contributed by atoms with Gasteiger partial charge >= 0.3 is 5.97 Å². The van der Waals surface area contributed by atoms with Crippen molar-refractivity contribution in [1.29, 1.82) is 0 Å². The number of aliphatic hydroxyl groups is 1. The van der Waals surface area contributed by atoms with E-state index >= 15 is 0 Å². The molecule has 0 fully saturated rings. The highest BCUT2D eigenvalue weighted by Gasteiger charge is 2.12. The predicted molar refractivity (Wildman–Crippen MR) is 86.6 cm³/mol. The van der Waals surface area contributed by atoms with Crippen molar-refractivity contribution in [3.05, 3.63) is 69.4 Å². The summed E-state index contributed by atoms with van der Waals surface area (Å²) in [5.41, 5.74) is 1.77. The number of aliphatic carboxylic acids is 1. The number of hydrogen-bond donors (Lipinski definition) is 2. The first-order chi connectivity index (χ1) is 11.6. The monoisotopic (exact) mass is 325 g/mol. The number of aliphatic hydroxyl groups excluding tert-OH is 1. The zero-order valence-electron chi connectivity index (χ0n) is 12.7. The molecular formula is C17H15N3O4. The Kier molecular flexibility index (Phi) is 4.24. The van der Waals surface area contributed by atoms with Gasteiger partial charge < -0.3 is 10.2 Å². The molecule has 2 aromatic heterocycles. The summed E-state index contributed by atoms with van der Waals surface area (Å²) in [6.07, 6.45) is 1.40. The average molecular weight is 325 g/mol. The van der Waals surface area contributed by atoms with Crippen molar-refractivity contribution < 1.29 is 15.0 Å². The van der Waals surface area contributed by atoms with E-state index in [2.05, 4.69) is 10.1 Å². The van der Waals surface area contributed by atoms with Crippen LogP contribution in [0.3, 0.4) is 0 Å². The number of aromatic nitrogens is 3. The van der Waals surface area contributed by atoms with Crippen molar-refractivity contribution in [1.82, 2.24) is 14.6 Å². The summed E-state index contributed by atoms with van der Waals surface area (Å²) >= 11 is 0. The van der Waals surface area contributed by atoms with E-state index in [1.807, 2.05) is 30.3 Å². The van der Waals surface area contributed by atoms with Gasteiger partial charge in [-0.15, -0.1) is 0 Å². The van der Waals surface area contributed by atoms with E-state index in [-0.39, 0.29) is 23.9 Å². The molecular weight excluding hydrogens is 310 g/mol. The maximum absolute atomic E-state index is 12.4. The molecule has 0 bridgehead atoms. The number of fused-ring (bicyclic) bond motifs is 1. The number of carboxylic acid groups (broad SMARTS) is 1. The number of rotatable bonds is 5. The first kappa shape index (κ1) is 15.7. The second kappa shape index (κ2) is 6.49. The summed E-state index contributed by atoms with van der Waals surface area (Å²) in [5.74, 6) is -1.35. The lowest BCUT2D eigenvalue weighted by Crippen LogP contribution is -2.35. The minimum atomic E-state index is -1.05. The molecule has 0 radical (unpaired) electrons. The van der Waals surface area contributed by atoms with Crippen LogP contribution in [-0.2, 0) is 11.2 Å². The molecule has 0 saturated heterocycles. The molecule has 1 aromatic carbocycles. The molecule has 24 heavy (non-hydrogen) atoms. The van der Waals surface area contributed by atoms with Gasteiger partial charge in [0.05, 0.1) is 6.42 Å². The van der Waals surface area contributed by atoms with Crippen LogP contribution in [0.15, 0.2) is 47.5 Å².